The van der Waals surface area contributed by atoms with Crippen LogP contribution in [0.25, 0.3) is 39.5 Å². The molecular formula is C37H30N2O2. The van der Waals surface area contributed by atoms with Gasteiger partial charge in [-0.1, -0.05) is 84.9 Å². The first-order valence-corrected chi connectivity index (χ1v) is 13.6. The van der Waals surface area contributed by atoms with E-state index in [0.717, 1.165) is 61.6 Å². The topological polar surface area (TPSA) is 49.0 Å². The van der Waals surface area contributed by atoms with Crippen LogP contribution in [0, 0.1) is 0 Å². The maximum Gasteiger partial charge on any atom is 0.135 e. The number of aliphatic imine (C=N–C) groups is 1. The number of benzene rings is 5. The lowest BCUT2D eigenvalue weighted by Crippen LogP contribution is -2.09. The largest absolute Gasteiger partial charge is 0.456 e. The summed E-state index contributed by atoms with van der Waals surface area (Å²) in [6.07, 6.45) is 3.57. The van der Waals surface area contributed by atoms with E-state index in [-0.39, 0.29) is 6.61 Å². The summed E-state index contributed by atoms with van der Waals surface area (Å²) >= 11 is 0. The molecule has 0 bridgehead atoms. The van der Waals surface area contributed by atoms with E-state index in [2.05, 4.69) is 113 Å². The van der Waals surface area contributed by atoms with Gasteiger partial charge in [0.1, 0.15) is 11.3 Å². The van der Waals surface area contributed by atoms with Crippen LogP contribution in [0.5, 0.6) is 0 Å². The molecule has 0 aliphatic rings. The average molecular weight is 535 g/mol. The zero-order chi connectivity index (χ0) is 28.0. The number of aliphatic hydroxyl groups excluding tert-OH is 1. The Morgan fingerprint density at radius 2 is 1.24 bits per heavy atom. The predicted octanol–water partition coefficient (Wildman–Crippen LogP) is 9.31. The van der Waals surface area contributed by atoms with E-state index in [1.54, 1.807) is 13.3 Å². The highest BCUT2D eigenvalue weighted by Gasteiger charge is 2.12. The molecule has 1 heterocycles. The van der Waals surface area contributed by atoms with Crippen LogP contribution in [0.2, 0.25) is 0 Å². The number of fused-ring (bicyclic) bond motifs is 1. The smallest absolute Gasteiger partial charge is 0.135 e. The normalized spacial score (nSPS) is 11.8. The van der Waals surface area contributed by atoms with Crippen LogP contribution in [0.1, 0.15) is 5.56 Å². The first-order chi connectivity index (χ1) is 20.2. The number of aliphatic hydroxyl groups is 1. The van der Waals surface area contributed by atoms with E-state index in [1.165, 1.54) is 0 Å². The molecule has 0 amide bonds. The second-order valence-corrected chi connectivity index (χ2v) is 9.80. The number of furan rings is 1. The van der Waals surface area contributed by atoms with Crippen LogP contribution in [0.15, 0.2) is 148 Å². The van der Waals surface area contributed by atoms with Gasteiger partial charge in [0.15, 0.2) is 0 Å². The maximum atomic E-state index is 9.54. The molecule has 0 aliphatic carbocycles. The summed E-state index contributed by atoms with van der Waals surface area (Å²) in [4.78, 5) is 6.26. The average Bonchev–Trinajstić information content (AvgIpc) is 3.46. The molecule has 200 valence electrons. The van der Waals surface area contributed by atoms with Crippen molar-refractivity contribution in [2.75, 3.05) is 18.6 Å². The fourth-order valence-electron chi connectivity index (χ4n) is 5.01. The number of nitrogens with zero attached hydrogens (tertiary/aromatic N) is 2. The van der Waals surface area contributed by atoms with Gasteiger partial charge in [-0.25, -0.2) is 0 Å². The molecule has 0 atom stereocenters. The number of hydrogen-bond donors (Lipinski definition) is 1. The van der Waals surface area contributed by atoms with Gasteiger partial charge in [0.05, 0.1) is 6.61 Å². The Kier molecular flexibility index (Phi) is 7.57. The zero-order valence-electron chi connectivity index (χ0n) is 22.8. The summed E-state index contributed by atoms with van der Waals surface area (Å²) in [5.74, 6) is 0.821. The molecule has 5 aromatic carbocycles. The molecule has 0 fully saturated rings. The highest BCUT2D eigenvalue weighted by molar-refractivity contribution is 5.89. The number of rotatable bonds is 8. The van der Waals surface area contributed by atoms with Gasteiger partial charge in [-0.2, -0.15) is 0 Å². The van der Waals surface area contributed by atoms with Crippen molar-refractivity contribution in [1.29, 1.82) is 0 Å². The van der Waals surface area contributed by atoms with E-state index in [0.29, 0.717) is 0 Å². The third-order valence-electron chi connectivity index (χ3n) is 7.03. The maximum absolute atomic E-state index is 9.54. The van der Waals surface area contributed by atoms with Crippen molar-refractivity contribution in [3.63, 3.8) is 0 Å². The fourth-order valence-corrected chi connectivity index (χ4v) is 5.01. The molecule has 0 aliphatic heterocycles. The zero-order valence-corrected chi connectivity index (χ0v) is 22.8. The highest BCUT2D eigenvalue weighted by Crippen LogP contribution is 2.36. The van der Waals surface area contributed by atoms with E-state index >= 15 is 0 Å². The molecule has 1 aromatic heterocycles. The lowest BCUT2D eigenvalue weighted by molar-refractivity contribution is 0.338. The number of anilines is 3. The standard InChI is InChI=1S/C37H30N2O2/c1-38-25-28(26-40)22-27-12-13-32-24-37(41-36(32)23-27)31-16-14-29(15-17-31)30-18-20-35(21-19-30)39(33-8-4-2-5-9-33)34-10-6-3-7-11-34/h2-25,40H,26H2,1H3/b28-22-,38-25?. The van der Waals surface area contributed by atoms with Crippen LogP contribution in [0.4, 0.5) is 17.1 Å². The Balaban J connectivity index is 1.24. The van der Waals surface area contributed by atoms with Crippen LogP contribution >= 0.6 is 0 Å². The van der Waals surface area contributed by atoms with E-state index in [9.17, 15) is 5.11 Å². The predicted molar refractivity (Wildman–Crippen MR) is 171 cm³/mol. The second-order valence-electron chi connectivity index (χ2n) is 9.80. The van der Waals surface area contributed by atoms with Crippen LogP contribution < -0.4 is 4.90 Å². The molecule has 6 rings (SSSR count). The summed E-state index contributed by atoms with van der Waals surface area (Å²) in [5, 5.41) is 10.6. The Hall–Kier alpha value is -5.19. The monoisotopic (exact) mass is 534 g/mol. The molecule has 6 aromatic rings. The van der Waals surface area contributed by atoms with Crippen molar-refractivity contribution in [3.05, 3.63) is 145 Å². The first-order valence-electron chi connectivity index (χ1n) is 13.6. The quantitative estimate of drug-likeness (QED) is 0.198. The van der Waals surface area contributed by atoms with Crippen molar-refractivity contribution in [2.24, 2.45) is 4.99 Å². The minimum atomic E-state index is -0.0633. The molecule has 0 spiro atoms. The third-order valence-corrected chi connectivity index (χ3v) is 7.03. The number of hydrogen-bond acceptors (Lipinski definition) is 4. The Morgan fingerprint density at radius 1 is 0.683 bits per heavy atom. The Bertz CT molecular complexity index is 1760. The van der Waals surface area contributed by atoms with Crippen LogP contribution in [0.3, 0.4) is 0 Å². The van der Waals surface area contributed by atoms with Gasteiger partial charge in [0.2, 0.25) is 0 Å². The highest BCUT2D eigenvalue weighted by atomic mass is 16.3. The molecular weight excluding hydrogens is 504 g/mol. The lowest BCUT2D eigenvalue weighted by atomic mass is 10.0. The molecule has 0 saturated carbocycles. The third kappa shape index (κ3) is 5.74. The minimum Gasteiger partial charge on any atom is -0.456 e. The van der Waals surface area contributed by atoms with Crippen molar-refractivity contribution >= 4 is 40.3 Å². The van der Waals surface area contributed by atoms with Crippen molar-refractivity contribution in [1.82, 2.24) is 0 Å². The van der Waals surface area contributed by atoms with Crippen LogP contribution in [-0.2, 0) is 0 Å². The Morgan fingerprint density at radius 3 is 1.83 bits per heavy atom. The molecule has 4 heteroatoms. The summed E-state index contributed by atoms with van der Waals surface area (Å²) in [7, 11) is 1.69. The van der Waals surface area contributed by atoms with Crippen LogP contribution in [-0.4, -0.2) is 25.0 Å². The molecule has 0 unspecified atom stereocenters. The minimum absolute atomic E-state index is 0.0633. The number of para-hydroxylation sites is 2. The molecule has 0 radical (unpaired) electrons. The van der Waals surface area contributed by atoms with Gasteiger partial charge in [0, 0.05) is 41.3 Å². The summed E-state index contributed by atoms with van der Waals surface area (Å²) in [5.41, 5.74) is 9.16. The molecule has 0 saturated heterocycles. The lowest BCUT2D eigenvalue weighted by Gasteiger charge is -2.25. The van der Waals surface area contributed by atoms with Gasteiger partial charge >= 0.3 is 0 Å². The van der Waals surface area contributed by atoms with Crippen molar-refractivity contribution < 1.29 is 9.52 Å². The molecule has 41 heavy (non-hydrogen) atoms. The SMILES string of the molecule is CN=C/C(=C/c1ccc2cc(-c3ccc(-c4ccc(N(c5ccccc5)c5ccccc5)cc4)cc3)oc2c1)CO. The fraction of sp³-hybridized carbons (Fsp3) is 0.0541. The Labute approximate surface area is 240 Å². The van der Waals surface area contributed by atoms with E-state index in [4.69, 9.17) is 4.42 Å². The van der Waals surface area contributed by atoms with E-state index < -0.39 is 0 Å². The van der Waals surface area contributed by atoms with Gasteiger partial charge in [-0.05, 0) is 76.9 Å². The van der Waals surface area contributed by atoms with E-state index in [1.807, 2.05) is 36.4 Å². The van der Waals surface area contributed by atoms with Gasteiger partial charge in [-0.15, -0.1) is 0 Å². The van der Waals surface area contributed by atoms with Crippen molar-refractivity contribution in [3.8, 4) is 22.5 Å². The van der Waals surface area contributed by atoms with Gasteiger partial charge in [-0.3, -0.25) is 4.99 Å². The van der Waals surface area contributed by atoms with Crippen molar-refractivity contribution in [2.45, 2.75) is 0 Å². The summed E-state index contributed by atoms with van der Waals surface area (Å²) in [6.45, 7) is -0.0633. The summed E-state index contributed by atoms with van der Waals surface area (Å²) < 4.78 is 6.21. The van der Waals surface area contributed by atoms with Gasteiger partial charge < -0.3 is 14.4 Å². The first kappa shape index (κ1) is 26.1. The van der Waals surface area contributed by atoms with Gasteiger partial charge in [0.25, 0.3) is 0 Å². The summed E-state index contributed by atoms with van der Waals surface area (Å²) in [6, 6.07) is 46.1. The molecule has 4 nitrogen and oxygen atoms in total. The molecule has 1 N–H and O–H groups in total. The second kappa shape index (κ2) is 11.9.